The first-order valence-corrected chi connectivity index (χ1v) is 7.00. The SMILES string of the molecule is O=C(Cc1ccc(F)cc1)N1CCC(c2ccc(F)cc2)=N1. The minimum atomic E-state index is -0.325. The molecule has 0 bridgehead atoms. The molecule has 0 radical (unpaired) electrons. The van der Waals surface area contributed by atoms with Crippen LogP contribution in [0.1, 0.15) is 17.5 Å². The number of hydrogen-bond donors (Lipinski definition) is 0. The second-order valence-electron chi connectivity index (χ2n) is 5.12. The van der Waals surface area contributed by atoms with E-state index in [1.54, 1.807) is 24.3 Å². The smallest absolute Gasteiger partial charge is 0.247 e. The van der Waals surface area contributed by atoms with Crippen LogP contribution in [0.15, 0.2) is 53.6 Å². The van der Waals surface area contributed by atoms with Gasteiger partial charge in [0.1, 0.15) is 11.6 Å². The molecule has 112 valence electrons. The van der Waals surface area contributed by atoms with E-state index in [9.17, 15) is 13.6 Å². The number of benzene rings is 2. The van der Waals surface area contributed by atoms with Crippen LogP contribution in [0.25, 0.3) is 0 Å². The molecule has 0 unspecified atom stereocenters. The summed E-state index contributed by atoms with van der Waals surface area (Å²) >= 11 is 0. The summed E-state index contributed by atoms with van der Waals surface area (Å²) in [5.74, 6) is -0.760. The van der Waals surface area contributed by atoms with E-state index in [2.05, 4.69) is 5.10 Å². The molecule has 1 heterocycles. The maximum Gasteiger partial charge on any atom is 0.247 e. The van der Waals surface area contributed by atoms with E-state index < -0.39 is 0 Å². The van der Waals surface area contributed by atoms with Crippen molar-refractivity contribution in [3.05, 3.63) is 71.3 Å². The highest BCUT2D eigenvalue weighted by molar-refractivity contribution is 6.02. The van der Waals surface area contributed by atoms with Crippen molar-refractivity contribution in [1.82, 2.24) is 5.01 Å². The third-order valence-electron chi connectivity index (χ3n) is 3.54. The van der Waals surface area contributed by atoms with Gasteiger partial charge in [-0.25, -0.2) is 13.8 Å². The molecule has 22 heavy (non-hydrogen) atoms. The van der Waals surface area contributed by atoms with Gasteiger partial charge in [-0.3, -0.25) is 4.79 Å². The number of amides is 1. The van der Waals surface area contributed by atoms with Gasteiger partial charge in [-0.2, -0.15) is 5.10 Å². The Morgan fingerprint density at radius 3 is 2.23 bits per heavy atom. The first-order valence-electron chi connectivity index (χ1n) is 7.00. The van der Waals surface area contributed by atoms with Gasteiger partial charge in [-0.05, 0) is 35.4 Å². The van der Waals surface area contributed by atoms with E-state index in [-0.39, 0.29) is 24.0 Å². The molecule has 0 aromatic heterocycles. The Labute approximate surface area is 126 Å². The normalized spacial score (nSPS) is 14.1. The number of nitrogens with zero attached hydrogens (tertiary/aromatic N) is 2. The molecule has 2 aromatic rings. The molecule has 0 spiro atoms. The van der Waals surface area contributed by atoms with Crippen molar-refractivity contribution >= 4 is 11.6 Å². The molecule has 0 aliphatic carbocycles. The van der Waals surface area contributed by atoms with Crippen LogP contribution in [-0.2, 0) is 11.2 Å². The minimum absolute atomic E-state index is 0.135. The monoisotopic (exact) mass is 300 g/mol. The number of carbonyl (C=O) groups is 1. The van der Waals surface area contributed by atoms with Crippen molar-refractivity contribution < 1.29 is 13.6 Å². The molecule has 2 aromatic carbocycles. The highest BCUT2D eigenvalue weighted by Gasteiger charge is 2.21. The Hall–Kier alpha value is -2.56. The van der Waals surface area contributed by atoms with Crippen LogP contribution in [0.4, 0.5) is 8.78 Å². The lowest BCUT2D eigenvalue weighted by atomic mass is 10.1. The summed E-state index contributed by atoms with van der Waals surface area (Å²) in [4.78, 5) is 12.2. The van der Waals surface area contributed by atoms with Crippen molar-refractivity contribution in [2.24, 2.45) is 5.10 Å². The van der Waals surface area contributed by atoms with E-state index in [1.165, 1.54) is 29.3 Å². The molecule has 0 fully saturated rings. The molecule has 1 amide bonds. The zero-order valence-corrected chi connectivity index (χ0v) is 11.8. The van der Waals surface area contributed by atoms with Gasteiger partial charge in [0.25, 0.3) is 0 Å². The van der Waals surface area contributed by atoms with Gasteiger partial charge in [0, 0.05) is 6.42 Å². The van der Waals surface area contributed by atoms with Crippen LogP contribution in [0, 0.1) is 11.6 Å². The van der Waals surface area contributed by atoms with Gasteiger partial charge in [-0.1, -0.05) is 24.3 Å². The molecule has 3 rings (SSSR count). The maximum atomic E-state index is 12.9. The van der Waals surface area contributed by atoms with E-state index >= 15 is 0 Å². The fourth-order valence-corrected chi connectivity index (χ4v) is 2.35. The van der Waals surface area contributed by atoms with Gasteiger partial charge in [0.15, 0.2) is 0 Å². The standard InChI is InChI=1S/C17H14F2N2O/c18-14-5-1-12(2-6-14)11-17(22)21-10-9-16(20-21)13-3-7-15(19)8-4-13/h1-8H,9-11H2. The zero-order valence-electron chi connectivity index (χ0n) is 11.8. The summed E-state index contributed by atoms with van der Waals surface area (Å²) in [5.41, 5.74) is 2.34. The molecule has 0 atom stereocenters. The van der Waals surface area contributed by atoms with Crippen molar-refractivity contribution in [2.45, 2.75) is 12.8 Å². The number of carbonyl (C=O) groups excluding carboxylic acids is 1. The van der Waals surface area contributed by atoms with Gasteiger partial charge in [0.2, 0.25) is 5.91 Å². The van der Waals surface area contributed by atoms with Gasteiger partial charge < -0.3 is 0 Å². The second-order valence-corrected chi connectivity index (χ2v) is 5.12. The van der Waals surface area contributed by atoms with Crippen molar-refractivity contribution in [2.75, 3.05) is 6.54 Å². The maximum absolute atomic E-state index is 12.9. The summed E-state index contributed by atoms with van der Waals surface area (Å²) in [7, 11) is 0. The van der Waals surface area contributed by atoms with Crippen molar-refractivity contribution in [3.63, 3.8) is 0 Å². The third kappa shape index (κ3) is 3.19. The van der Waals surface area contributed by atoms with Gasteiger partial charge in [0.05, 0.1) is 18.7 Å². The average molecular weight is 300 g/mol. The summed E-state index contributed by atoms with van der Waals surface area (Å²) in [6.45, 7) is 0.507. The summed E-state index contributed by atoms with van der Waals surface area (Å²) in [6.07, 6.45) is 0.821. The van der Waals surface area contributed by atoms with Crippen LogP contribution in [0.5, 0.6) is 0 Å². The number of hydrazone groups is 1. The van der Waals surface area contributed by atoms with Crippen LogP contribution >= 0.6 is 0 Å². The van der Waals surface area contributed by atoms with Crippen molar-refractivity contribution in [3.8, 4) is 0 Å². The summed E-state index contributed by atoms with van der Waals surface area (Å²) < 4.78 is 25.8. The van der Waals surface area contributed by atoms with Crippen molar-refractivity contribution in [1.29, 1.82) is 0 Å². The number of rotatable bonds is 3. The fraction of sp³-hybridized carbons (Fsp3) is 0.176. The Morgan fingerprint density at radius 2 is 1.59 bits per heavy atom. The predicted octanol–water partition coefficient (Wildman–Crippen LogP) is 3.14. The fourth-order valence-electron chi connectivity index (χ4n) is 2.35. The molecule has 1 aliphatic rings. The van der Waals surface area contributed by atoms with E-state index in [0.717, 1.165) is 16.8 Å². The Morgan fingerprint density at radius 1 is 1.00 bits per heavy atom. The van der Waals surface area contributed by atoms with Gasteiger partial charge >= 0.3 is 0 Å². The molecule has 1 aliphatic heterocycles. The lowest BCUT2D eigenvalue weighted by Gasteiger charge is -2.11. The van der Waals surface area contributed by atoms with Crippen LogP contribution in [0.2, 0.25) is 0 Å². The summed E-state index contributed by atoms with van der Waals surface area (Å²) in [6, 6.07) is 11.9. The van der Waals surface area contributed by atoms with E-state index in [0.29, 0.717) is 13.0 Å². The quantitative estimate of drug-likeness (QED) is 0.857. The molecule has 0 saturated heterocycles. The highest BCUT2D eigenvalue weighted by atomic mass is 19.1. The highest BCUT2D eigenvalue weighted by Crippen LogP contribution is 2.16. The first-order chi connectivity index (χ1) is 10.6. The molecule has 3 nitrogen and oxygen atoms in total. The Bertz CT molecular complexity index is 708. The first kappa shape index (κ1) is 14.4. The Kier molecular flexibility index (Phi) is 3.96. The van der Waals surface area contributed by atoms with Gasteiger partial charge in [-0.15, -0.1) is 0 Å². The van der Waals surface area contributed by atoms with E-state index in [4.69, 9.17) is 0 Å². The van der Waals surface area contributed by atoms with Crippen LogP contribution < -0.4 is 0 Å². The molecular weight excluding hydrogens is 286 g/mol. The minimum Gasteiger partial charge on any atom is -0.273 e. The van der Waals surface area contributed by atoms with Crippen LogP contribution in [-0.4, -0.2) is 23.2 Å². The number of halogens is 2. The average Bonchev–Trinajstić information content (AvgIpc) is 3.00. The predicted molar refractivity (Wildman–Crippen MR) is 79.4 cm³/mol. The topological polar surface area (TPSA) is 32.7 Å². The second kappa shape index (κ2) is 6.05. The third-order valence-corrected chi connectivity index (χ3v) is 3.54. The zero-order chi connectivity index (χ0) is 15.5. The lowest BCUT2D eigenvalue weighted by molar-refractivity contribution is -0.130. The molecular formula is C17H14F2N2O. The Balaban J connectivity index is 1.69. The van der Waals surface area contributed by atoms with Crippen LogP contribution in [0.3, 0.4) is 0 Å². The van der Waals surface area contributed by atoms with E-state index in [1.807, 2.05) is 0 Å². The number of hydrogen-bond acceptors (Lipinski definition) is 2. The lowest BCUT2D eigenvalue weighted by Crippen LogP contribution is -2.25. The molecule has 5 heteroatoms. The summed E-state index contributed by atoms with van der Waals surface area (Å²) in [5, 5.41) is 5.72. The molecule has 0 N–H and O–H groups in total. The molecule has 0 saturated carbocycles. The largest absolute Gasteiger partial charge is 0.273 e.